The van der Waals surface area contributed by atoms with E-state index in [4.69, 9.17) is 0 Å². The summed E-state index contributed by atoms with van der Waals surface area (Å²) in [6, 6.07) is 6.23. The zero-order chi connectivity index (χ0) is 18.9. The van der Waals surface area contributed by atoms with Crippen LogP contribution in [0.4, 0.5) is 18.9 Å². The fraction of sp³-hybridized carbons (Fsp3) is 0.167. The molecule has 1 amide bonds. The van der Waals surface area contributed by atoms with Crippen molar-refractivity contribution in [3.8, 4) is 0 Å². The molecule has 0 aliphatic carbocycles. The third kappa shape index (κ3) is 4.26. The first-order valence-electron chi connectivity index (χ1n) is 7.62. The van der Waals surface area contributed by atoms with Gasteiger partial charge >= 0.3 is 6.18 Å². The molecule has 4 nitrogen and oxygen atoms in total. The van der Waals surface area contributed by atoms with Gasteiger partial charge < -0.3 is 5.32 Å². The number of halogens is 3. The molecule has 26 heavy (non-hydrogen) atoms. The average molecular weight is 377 g/mol. The van der Waals surface area contributed by atoms with E-state index in [2.05, 4.69) is 15.3 Å². The van der Waals surface area contributed by atoms with Crippen LogP contribution >= 0.6 is 11.3 Å². The summed E-state index contributed by atoms with van der Waals surface area (Å²) in [4.78, 5) is 21.8. The van der Waals surface area contributed by atoms with Crippen LogP contribution in [0.3, 0.4) is 0 Å². The second kappa shape index (κ2) is 6.87. The van der Waals surface area contributed by atoms with Crippen molar-refractivity contribution in [3.05, 3.63) is 58.2 Å². The number of fused-ring (bicyclic) bond motifs is 1. The van der Waals surface area contributed by atoms with Gasteiger partial charge in [-0.2, -0.15) is 13.2 Å². The summed E-state index contributed by atoms with van der Waals surface area (Å²) in [6.07, 6.45) is -1.69. The maximum Gasteiger partial charge on any atom is 0.409 e. The average Bonchev–Trinajstić information content (AvgIpc) is 2.91. The molecular weight excluding hydrogens is 363 g/mol. The minimum atomic E-state index is -4.37. The number of carbonyl (C=O) groups excluding carboxylic acids is 1. The highest BCUT2D eigenvalue weighted by Gasteiger charge is 2.21. The second-order valence-corrected chi connectivity index (χ2v) is 6.87. The van der Waals surface area contributed by atoms with Crippen molar-refractivity contribution in [3.63, 3.8) is 0 Å². The molecule has 0 atom stereocenters. The van der Waals surface area contributed by atoms with Crippen molar-refractivity contribution < 1.29 is 18.0 Å². The summed E-state index contributed by atoms with van der Waals surface area (Å²) < 4.78 is 36.7. The van der Waals surface area contributed by atoms with E-state index in [-0.39, 0.29) is 12.0 Å². The Morgan fingerprint density at radius 2 is 2.00 bits per heavy atom. The van der Waals surface area contributed by atoms with E-state index in [1.165, 1.54) is 29.5 Å². The van der Waals surface area contributed by atoms with E-state index in [0.717, 1.165) is 15.9 Å². The van der Waals surface area contributed by atoms with Gasteiger partial charge in [0.1, 0.15) is 10.3 Å². The Labute approximate surface area is 151 Å². The number of thiazole rings is 1. The smallest absolute Gasteiger partial charge is 0.321 e. The van der Waals surface area contributed by atoms with Gasteiger partial charge in [0.25, 0.3) is 5.91 Å². The molecule has 0 bridgehead atoms. The zero-order valence-electron chi connectivity index (χ0n) is 13.9. The number of pyridine rings is 1. The number of aromatic nitrogens is 2. The lowest BCUT2D eigenvalue weighted by Gasteiger charge is -2.08. The highest BCUT2D eigenvalue weighted by Crippen LogP contribution is 2.23. The summed E-state index contributed by atoms with van der Waals surface area (Å²) >= 11 is 1.46. The molecule has 0 fully saturated rings. The van der Waals surface area contributed by atoms with Gasteiger partial charge in [0, 0.05) is 11.6 Å². The predicted octanol–water partition coefficient (Wildman–Crippen LogP) is 5.14. The topological polar surface area (TPSA) is 54.9 Å². The SMILES string of the molecule is Cc1nc2cc(NC(=O)c3ccc(/C=C/C(F)(F)F)cc3C)cnc2s1. The van der Waals surface area contributed by atoms with Crippen molar-refractivity contribution in [1.82, 2.24) is 9.97 Å². The Kier molecular flexibility index (Phi) is 4.78. The highest BCUT2D eigenvalue weighted by atomic mass is 32.1. The molecule has 0 aliphatic heterocycles. The maximum atomic E-state index is 12.4. The van der Waals surface area contributed by atoms with E-state index < -0.39 is 6.18 Å². The molecule has 0 aliphatic rings. The number of nitrogens with one attached hydrogen (secondary N) is 1. The van der Waals surface area contributed by atoms with Crippen LogP contribution in [0.5, 0.6) is 0 Å². The Bertz CT molecular complexity index is 1010. The van der Waals surface area contributed by atoms with Gasteiger partial charge in [-0.1, -0.05) is 29.5 Å². The van der Waals surface area contributed by atoms with E-state index in [1.807, 2.05) is 6.92 Å². The number of nitrogens with zero attached hydrogens (tertiary/aromatic N) is 2. The van der Waals surface area contributed by atoms with E-state index >= 15 is 0 Å². The fourth-order valence-electron chi connectivity index (χ4n) is 2.43. The largest absolute Gasteiger partial charge is 0.409 e. The molecule has 3 aromatic rings. The van der Waals surface area contributed by atoms with Gasteiger partial charge in [-0.3, -0.25) is 4.79 Å². The van der Waals surface area contributed by atoms with E-state index in [9.17, 15) is 18.0 Å². The molecule has 0 unspecified atom stereocenters. The van der Waals surface area contributed by atoms with Crippen LogP contribution in [0, 0.1) is 13.8 Å². The number of alkyl halides is 3. The van der Waals surface area contributed by atoms with Gasteiger partial charge in [-0.05, 0) is 37.1 Å². The molecule has 134 valence electrons. The number of rotatable bonds is 3. The second-order valence-electron chi connectivity index (χ2n) is 5.68. The first-order valence-corrected chi connectivity index (χ1v) is 8.44. The first-order chi connectivity index (χ1) is 12.2. The molecule has 2 aromatic heterocycles. The highest BCUT2D eigenvalue weighted by molar-refractivity contribution is 7.18. The quantitative estimate of drug-likeness (QED) is 0.688. The molecular formula is C18H14F3N3OS. The molecule has 1 N–H and O–H groups in total. The number of allylic oxidation sites excluding steroid dienone is 1. The zero-order valence-corrected chi connectivity index (χ0v) is 14.7. The minimum Gasteiger partial charge on any atom is -0.321 e. The van der Waals surface area contributed by atoms with Crippen LogP contribution in [-0.2, 0) is 0 Å². The number of carbonyl (C=O) groups is 1. The van der Waals surface area contributed by atoms with E-state index in [1.54, 1.807) is 19.2 Å². The Balaban J connectivity index is 1.79. The number of benzene rings is 1. The summed E-state index contributed by atoms with van der Waals surface area (Å²) in [5.41, 5.74) is 2.54. The predicted molar refractivity (Wildman–Crippen MR) is 96.4 cm³/mol. The number of amides is 1. The molecule has 0 saturated carbocycles. The number of hydrogen-bond acceptors (Lipinski definition) is 4. The van der Waals surface area contributed by atoms with Crippen molar-refractivity contribution in [2.45, 2.75) is 20.0 Å². The van der Waals surface area contributed by atoms with Crippen molar-refractivity contribution in [2.75, 3.05) is 5.32 Å². The van der Waals surface area contributed by atoms with Gasteiger partial charge in [0.15, 0.2) is 0 Å². The van der Waals surface area contributed by atoms with Crippen molar-refractivity contribution in [1.29, 1.82) is 0 Å². The summed E-state index contributed by atoms with van der Waals surface area (Å²) in [7, 11) is 0. The van der Waals surface area contributed by atoms with Gasteiger partial charge in [-0.25, -0.2) is 9.97 Å². The van der Waals surface area contributed by atoms with Crippen molar-refractivity contribution >= 4 is 39.4 Å². The normalized spacial score (nSPS) is 12.0. The molecule has 3 rings (SSSR count). The number of aryl methyl sites for hydroxylation is 2. The van der Waals surface area contributed by atoms with E-state index in [0.29, 0.717) is 27.9 Å². The van der Waals surface area contributed by atoms with Crippen LogP contribution in [0.25, 0.3) is 16.4 Å². The molecule has 2 heterocycles. The third-order valence-corrected chi connectivity index (χ3v) is 4.47. The van der Waals surface area contributed by atoms with Gasteiger partial charge in [0.05, 0.1) is 16.9 Å². The number of anilines is 1. The lowest BCUT2D eigenvalue weighted by molar-refractivity contribution is -0.0790. The lowest BCUT2D eigenvalue weighted by atomic mass is 10.0. The molecule has 0 spiro atoms. The standard InChI is InChI=1S/C18H14F3N3OS/c1-10-7-12(5-6-18(19,20)21)3-4-14(10)16(25)24-13-8-15-17(22-9-13)26-11(2)23-15/h3-9H,1-2H3,(H,24,25)/b6-5+. The fourth-order valence-corrected chi connectivity index (χ4v) is 3.17. The summed E-state index contributed by atoms with van der Waals surface area (Å²) in [6.45, 7) is 3.55. The van der Waals surface area contributed by atoms with Crippen LogP contribution in [0.15, 0.2) is 36.5 Å². The number of hydrogen-bond donors (Lipinski definition) is 1. The van der Waals surface area contributed by atoms with Crippen LogP contribution in [-0.4, -0.2) is 22.1 Å². The lowest BCUT2D eigenvalue weighted by Crippen LogP contribution is -2.13. The van der Waals surface area contributed by atoms with Crippen LogP contribution in [0.2, 0.25) is 0 Å². The molecule has 0 saturated heterocycles. The summed E-state index contributed by atoms with van der Waals surface area (Å²) in [5, 5.41) is 3.62. The first kappa shape index (κ1) is 18.1. The summed E-state index contributed by atoms with van der Waals surface area (Å²) in [5.74, 6) is -0.359. The van der Waals surface area contributed by atoms with Crippen LogP contribution < -0.4 is 5.32 Å². The molecule has 8 heteroatoms. The Hall–Kier alpha value is -2.74. The van der Waals surface area contributed by atoms with Crippen molar-refractivity contribution in [2.24, 2.45) is 0 Å². The third-order valence-electron chi connectivity index (χ3n) is 3.57. The van der Waals surface area contributed by atoms with Crippen LogP contribution in [0.1, 0.15) is 26.5 Å². The molecule has 1 aromatic carbocycles. The monoisotopic (exact) mass is 377 g/mol. The van der Waals surface area contributed by atoms with Gasteiger partial charge in [0.2, 0.25) is 0 Å². The van der Waals surface area contributed by atoms with Gasteiger partial charge in [-0.15, -0.1) is 0 Å². The minimum absolute atomic E-state index is 0.165. The molecule has 0 radical (unpaired) electrons. The Morgan fingerprint density at radius 3 is 2.69 bits per heavy atom. The maximum absolute atomic E-state index is 12.4. The Morgan fingerprint density at radius 1 is 1.23 bits per heavy atom.